The molecule has 3 atom stereocenters. The molecule has 5 N–H and O–H groups in total. The van der Waals surface area contributed by atoms with Crippen molar-refractivity contribution in [1.82, 2.24) is 20.9 Å². The van der Waals surface area contributed by atoms with E-state index in [9.17, 15) is 29.4 Å². The summed E-state index contributed by atoms with van der Waals surface area (Å²) in [5, 5.41) is 27.3. The van der Waals surface area contributed by atoms with Gasteiger partial charge in [-0.1, -0.05) is 25.5 Å². The smallest absolute Gasteiger partial charge is 0.247 e. The molecule has 184 valence electrons. The Morgan fingerprint density at radius 2 is 1.61 bits per heavy atom. The maximum absolute atomic E-state index is 13.0. The van der Waals surface area contributed by atoms with Gasteiger partial charge < -0.3 is 31.1 Å². The van der Waals surface area contributed by atoms with Crippen molar-refractivity contribution in [3.05, 3.63) is 29.8 Å². The number of nitrogens with zero attached hydrogens (tertiary/aromatic N) is 1. The monoisotopic (exact) mass is 464 g/mol. The number of nitrogens with one attached hydrogen (secondary N) is 3. The second-order valence-corrected chi connectivity index (χ2v) is 8.15. The molecule has 0 aliphatic rings. The van der Waals surface area contributed by atoms with Crippen molar-refractivity contribution in [3.63, 3.8) is 0 Å². The molecule has 1 aromatic rings. The van der Waals surface area contributed by atoms with E-state index in [1.807, 2.05) is 6.92 Å². The van der Waals surface area contributed by atoms with E-state index in [0.29, 0.717) is 12.1 Å². The third-order valence-electron chi connectivity index (χ3n) is 4.95. The van der Waals surface area contributed by atoms with Crippen LogP contribution in [0.15, 0.2) is 24.3 Å². The molecule has 1 rings (SSSR count). The summed E-state index contributed by atoms with van der Waals surface area (Å²) < 4.78 is 0. The molecular formula is C23H36N4O6. The Bertz CT molecular complexity index is 795. The quantitative estimate of drug-likeness (QED) is 0.261. The van der Waals surface area contributed by atoms with Crippen LogP contribution in [0.2, 0.25) is 0 Å². The minimum atomic E-state index is -1.18. The van der Waals surface area contributed by atoms with Crippen molar-refractivity contribution >= 4 is 23.6 Å². The number of carbonyl (C=O) groups is 4. The Hall–Kier alpha value is -3.14. The largest absolute Gasteiger partial charge is 0.508 e. The molecule has 0 fully saturated rings. The lowest BCUT2D eigenvalue weighted by atomic mass is 10.0. The molecule has 0 bridgehead atoms. The normalized spacial score (nSPS) is 13.4. The summed E-state index contributed by atoms with van der Waals surface area (Å²) in [7, 11) is 3.01. The van der Waals surface area contributed by atoms with Gasteiger partial charge >= 0.3 is 0 Å². The minimum absolute atomic E-state index is 0.0154. The van der Waals surface area contributed by atoms with Gasteiger partial charge in [0, 0.05) is 39.9 Å². The highest BCUT2D eigenvalue weighted by atomic mass is 16.3. The van der Waals surface area contributed by atoms with E-state index in [4.69, 9.17) is 0 Å². The number of aliphatic hydroxyl groups excluding tert-OH is 1. The van der Waals surface area contributed by atoms with Crippen LogP contribution in [-0.4, -0.2) is 77.6 Å². The lowest BCUT2D eigenvalue weighted by Crippen LogP contribution is -2.57. The van der Waals surface area contributed by atoms with Gasteiger partial charge in [-0.2, -0.15) is 0 Å². The first-order valence-electron chi connectivity index (χ1n) is 11.1. The topological polar surface area (TPSA) is 148 Å². The van der Waals surface area contributed by atoms with Gasteiger partial charge in [-0.3, -0.25) is 19.2 Å². The van der Waals surface area contributed by atoms with E-state index in [0.717, 1.165) is 12.8 Å². The van der Waals surface area contributed by atoms with Crippen LogP contribution in [0.5, 0.6) is 5.75 Å². The molecule has 0 spiro atoms. The number of aromatic hydroxyl groups is 1. The Balaban J connectivity index is 2.88. The molecule has 10 nitrogen and oxygen atoms in total. The number of carbonyl (C=O) groups excluding carboxylic acids is 4. The molecule has 0 aliphatic carbocycles. The fourth-order valence-electron chi connectivity index (χ4n) is 2.98. The molecule has 0 saturated carbocycles. The lowest BCUT2D eigenvalue weighted by Gasteiger charge is -2.26. The van der Waals surface area contributed by atoms with Crippen molar-refractivity contribution in [3.8, 4) is 5.75 Å². The number of likely N-dealkylation sites (N-methyl/N-ethyl adjacent to an activating group) is 1. The molecule has 33 heavy (non-hydrogen) atoms. The minimum Gasteiger partial charge on any atom is -0.508 e. The molecule has 0 unspecified atom stereocenters. The van der Waals surface area contributed by atoms with Crippen LogP contribution in [0.4, 0.5) is 0 Å². The highest BCUT2D eigenvalue weighted by Gasteiger charge is 2.30. The van der Waals surface area contributed by atoms with E-state index in [2.05, 4.69) is 16.0 Å². The maximum atomic E-state index is 13.0. The number of rotatable bonds is 13. The summed E-state index contributed by atoms with van der Waals surface area (Å²) in [6, 6.07) is 3.90. The number of unbranched alkanes of at least 4 members (excludes halogenated alkanes) is 1. The summed E-state index contributed by atoms with van der Waals surface area (Å²) in [4.78, 5) is 50.9. The summed E-state index contributed by atoms with van der Waals surface area (Å²) in [5.41, 5.74) is 0.665. The van der Waals surface area contributed by atoms with Gasteiger partial charge in [0.15, 0.2) is 0 Å². The van der Waals surface area contributed by atoms with Crippen LogP contribution in [0.1, 0.15) is 45.1 Å². The number of amides is 4. The van der Waals surface area contributed by atoms with Gasteiger partial charge in [0.2, 0.25) is 23.6 Å². The standard InChI is InChI=1S/C23H36N4O6/c1-5-6-13-24-19(30)11-12-20(31)25-18(14-16-7-9-17(29)10-8-16)22(32)26-21(15(2)28)23(33)27(3)4/h7-10,15,18,21,28-29H,5-6,11-14H2,1-4H3,(H,24,30)(H,25,31)(H,26,32)/t15-,18+,21+/m1/s1. The zero-order valence-corrected chi connectivity index (χ0v) is 19.8. The van der Waals surface area contributed by atoms with E-state index in [1.54, 1.807) is 12.1 Å². The van der Waals surface area contributed by atoms with Crippen molar-refractivity contribution < 1.29 is 29.4 Å². The zero-order chi connectivity index (χ0) is 25.0. The number of hydrogen-bond donors (Lipinski definition) is 5. The summed E-state index contributed by atoms with van der Waals surface area (Å²) in [5.74, 6) is -1.82. The predicted molar refractivity (Wildman–Crippen MR) is 123 cm³/mol. The van der Waals surface area contributed by atoms with E-state index in [-0.39, 0.29) is 30.9 Å². The predicted octanol–water partition coefficient (Wildman–Crippen LogP) is 0.0698. The van der Waals surface area contributed by atoms with Crippen molar-refractivity contribution in [2.75, 3.05) is 20.6 Å². The molecule has 0 aromatic heterocycles. The van der Waals surface area contributed by atoms with Gasteiger partial charge in [-0.05, 0) is 31.0 Å². The molecular weight excluding hydrogens is 428 g/mol. The van der Waals surface area contributed by atoms with Crippen LogP contribution < -0.4 is 16.0 Å². The Labute approximate surface area is 194 Å². The fourth-order valence-corrected chi connectivity index (χ4v) is 2.98. The molecule has 0 radical (unpaired) electrons. The third-order valence-corrected chi connectivity index (χ3v) is 4.95. The first kappa shape index (κ1) is 27.9. The number of phenolic OH excluding ortho intramolecular Hbond substituents is 1. The zero-order valence-electron chi connectivity index (χ0n) is 19.8. The molecule has 1 aromatic carbocycles. The van der Waals surface area contributed by atoms with Crippen molar-refractivity contribution in [2.45, 2.75) is 64.1 Å². The van der Waals surface area contributed by atoms with E-state index < -0.39 is 35.9 Å². The van der Waals surface area contributed by atoms with Crippen LogP contribution in [-0.2, 0) is 25.6 Å². The highest BCUT2D eigenvalue weighted by Crippen LogP contribution is 2.12. The fraction of sp³-hybridized carbons (Fsp3) is 0.565. The van der Waals surface area contributed by atoms with E-state index in [1.165, 1.54) is 38.1 Å². The second-order valence-electron chi connectivity index (χ2n) is 8.15. The van der Waals surface area contributed by atoms with Crippen molar-refractivity contribution in [2.24, 2.45) is 0 Å². The van der Waals surface area contributed by atoms with Gasteiger partial charge in [0.05, 0.1) is 6.10 Å². The second kappa shape index (κ2) is 14.1. The SMILES string of the molecule is CCCCNC(=O)CCC(=O)N[C@@H](Cc1ccc(O)cc1)C(=O)N[C@H](C(=O)N(C)C)[C@@H](C)O. The number of benzene rings is 1. The number of phenols is 1. The Morgan fingerprint density at radius 3 is 2.15 bits per heavy atom. The number of aliphatic hydroxyl groups is 1. The summed E-state index contributed by atoms with van der Waals surface area (Å²) in [6.07, 6.45) is 0.609. The molecule has 0 saturated heterocycles. The van der Waals surface area contributed by atoms with Gasteiger partial charge in [0.25, 0.3) is 0 Å². The van der Waals surface area contributed by atoms with Gasteiger partial charge in [0.1, 0.15) is 17.8 Å². The molecule has 4 amide bonds. The van der Waals surface area contributed by atoms with Gasteiger partial charge in [-0.15, -0.1) is 0 Å². The molecule has 0 aliphatic heterocycles. The summed E-state index contributed by atoms with van der Waals surface area (Å²) >= 11 is 0. The Morgan fingerprint density at radius 1 is 1.00 bits per heavy atom. The van der Waals surface area contributed by atoms with Crippen LogP contribution in [0, 0.1) is 0 Å². The third kappa shape index (κ3) is 10.3. The van der Waals surface area contributed by atoms with E-state index >= 15 is 0 Å². The summed E-state index contributed by atoms with van der Waals surface area (Å²) in [6.45, 7) is 3.94. The van der Waals surface area contributed by atoms with Crippen LogP contribution in [0.3, 0.4) is 0 Å². The first-order valence-corrected chi connectivity index (χ1v) is 11.1. The lowest BCUT2D eigenvalue weighted by molar-refractivity contribution is -0.138. The average Bonchev–Trinajstić information content (AvgIpc) is 2.76. The highest BCUT2D eigenvalue weighted by molar-refractivity contribution is 5.93. The van der Waals surface area contributed by atoms with Crippen LogP contribution in [0.25, 0.3) is 0 Å². The Kier molecular flexibility index (Phi) is 11.9. The average molecular weight is 465 g/mol. The van der Waals surface area contributed by atoms with Gasteiger partial charge in [-0.25, -0.2) is 0 Å². The molecule has 0 heterocycles. The van der Waals surface area contributed by atoms with Crippen LogP contribution >= 0.6 is 0 Å². The number of hydrogen-bond acceptors (Lipinski definition) is 6. The first-order chi connectivity index (χ1) is 15.5. The van der Waals surface area contributed by atoms with Crippen molar-refractivity contribution in [1.29, 1.82) is 0 Å². The maximum Gasteiger partial charge on any atom is 0.247 e. The molecule has 10 heteroatoms.